The molecule has 11 nitrogen and oxygen atoms in total. The van der Waals surface area contributed by atoms with Crippen molar-refractivity contribution in [1.82, 2.24) is 5.32 Å². The van der Waals surface area contributed by atoms with Gasteiger partial charge in [0.05, 0.1) is 10.7 Å². The molecule has 44 heavy (non-hydrogen) atoms. The second-order valence-corrected chi connectivity index (χ2v) is 12.9. The van der Waals surface area contributed by atoms with Crippen molar-refractivity contribution in [2.24, 2.45) is 28.8 Å². The summed E-state index contributed by atoms with van der Waals surface area (Å²) in [6, 6.07) is 4.19. The monoisotopic (exact) mass is 631 g/mol. The fraction of sp³-hybridized carbons (Fsp3) is 0.594. The van der Waals surface area contributed by atoms with E-state index in [4.69, 9.17) is 30.7 Å². The third kappa shape index (κ3) is 5.53. The number of ether oxygens (including phenoxy) is 2. The number of carbonyl (C=O) groups is 2. The molecule has 1 saturated heterocycles. The molecule has 3 N–H and O–H groups in total. The number of carbonyl (C=O) groups excluding carboxylic acids is 2. The molecule has 0 spiro atoms. The number of aliphatic hydroxyl groups is 2. The highest BCUT2D eigenvalue weighted by molar-refractivity contribution is 6.33. The van der Waals surface area contributed by atoms with Gasteiger partial charge in [-0.1, -0.05) is 61.5 Å². The zero-order chi connectivity index (χ0) is 32.0. The van der Waals surface area contributed by atoms with Crippen molar-refractivity contribution in [3.05, 3.63) is 53.1 Å². The van der Waals surface area contributed by atoms with Crippen molar-refractivity contribution < 1.29 is 39.0 Å². The smallest absolute Gasteiger partial charge is 0.323 e. The third-order valence-electron chi connectivity index (χ3n) is 9.73. The summed E-state index contributed by atoms with van der Waals surface area (Å²) in [6.45, 7) is 10.9. The molecule has 12 heteroatoms. The summed E-state index contributed by atoms with van der Waals surface area (Å²) in [6.07, 6.45) is 3.53. The summed E-state index contributed by atoms with van der Waals surface area (Å²) in [5.74, 6) is -2.11. The first-order valence-corrected chi connectivity index (χ1v) is 15.4. The van der Waals surface area contributed by atoms with Gasteiger partial charge in [-0.05, 0) is 49.2 Å². The maximum Gasteiger partial charge on any atom is 0.323 e. The summed E-state index contributed by atoms with van der Waals surface area (Å²) < 4.78 is 11.9. The lowest BCUT2D eigenvalue weighted by Gasteiger charge is -2.55. The molecule has 2 aliphatic heterocycles. The number of fused-ring (bicyclic) bond motifs is 4. The van der Waals surface area contributed by atoms with E-state index in [1.54, 1.807) is 37.5 Å². The van der Waals surface area contributed by atoms with Crippen LogP contribution < -0.4 is 10.4 Å². The topological polar surface area (TPSA) is 139 Å². The fourth-order valence-electron chi connectivity index (χ4n) is 7.46. The molecule has 2 fully saturated rings. The number of halogens is 1. The maximum atomic E-state index is 13.9. The predicted molar refractivity (Wildman–Crippen MR) is 163 cm³/mol. The average molecular weight is 632 g/mol. The first-order chi connectivity index (χ1) is 20.8. The van der Waals surface area contributed by atoms with Crippen LogP contribution in [0.25, 0.3) is 0 Å². The van der Waals surface area contributed by atoms with Crippen LogP contribution in [-0.2, 0) is 34.3 Å². The summed E-state index contributed by atoms with van der Waals surface area (Å²) >= 11 is 6.42. The lowest BCUT2D eigenvalue weighted by Crippen LogP contribution is -2.66. The lowest BCUT2D eigenvalue weighted by molar-refractivity contribution is -0.224. The Bertz CT molecular complexity index is 1350. The average Bonchev–Trinajstić information content (AvgIpc) is 3.32. The number of anilines is 1. The molecule has 1 aromatic carbocycles. The fourth-order valence-corrected chi connectivity index (χ4v) is 7.75. The van der Waals surface area contributed by atoms with Crippen LogP contribution in [0.15, 0.2) is 47.7 Å². The summed E-state index contributed by atoms with van der Waals surface area (Å²) in [4.78, 5) is 37.3. The number of benzene rings is 1. The van der Waals surface area contributed by atoms with E-state index in [9.17, 15) is 19.8 Å². The third-order valence-corrected chi connectivity index (χ3v) is 10.0. The molecule has 240 valence electrons. The second-order valence-electron chi connectivity index (χ2n) is 12.5. The van der Waals surface area contributed by atoms with Crippen LogP contribution in [0.2, 0.25) is 5.02 Å². The molecule has 2 aliphatic carbocycles. The van der Waals surface area contributed by atoms with Gasteiger partial charge < -0.3 is 24.5 Å². The Morgan fingerprint density at radius 2 is 2.07 bits per heavy atom. The highest BCUT2D eigenvalue weighted by atomic mass is 35.5. The minimum Gasteiger partial charge on any atom is -0.454 e. The van der Waals surface area contributed by atoms with Crippen LogP contribution >= 0.6 is 11.6 Å². The Morgan fingerprint density at radius 1 is 1.32 bits per heavy atom. The minimum absolute atomic E-state index is 0.0555. The lowest BCUT2D eigenvalue weighted by atomic mass is 9.56. The minimum atomic E-state index is -1.57. The number of hydroxylamine groups is 1. The molecule has 10 atom stereocenters. The second kappa shape index (κ2) is 12.4. The number of nitrogens with one attached hydrogen (secondary N) is 1. The van der Waals surface area contributed by atoms with Gasteiger partial charge >= 0.3 is 11.9 Å². The first-order valence-electron chi connectivity index (χ1n) is 15.1. The number of oxime groups is 1. The van der Waals surface area contributed by atoms with Gasteiger partial charge in [0.1, 0.15) is 23.9 Å². The number of hydrogen-bond donors (Lipinski definition) is 3. The van der Waals surface area contributed by atoms with E-state index in [1.807, 2.05) is 26.8 Å². The Hall–Kier alpha value is -2.96. The molecule has 4 aliphatic rings. The van der Waals surface area contributed by atoms with Crippen LogP contribution in [0.1, 0.15) is 52.5 Å². The Morgan fingerprint density at radius 3 is 2.77 bits per heavy atom. The molecule has 0 amide bonds. The van der Waals surface area contributed by atoms with Gasteiger partial charge in [0.2, 0.25) is 0 Å². The van der Waals surface area contributed by atoms with E-state index in [2.05, 4.69) is 17.1 Å². The molecule has 0 bridgehead atoms. The van der Waals surface area contributed by atoms with E-state index in [1.165, 1.54) is 12.0 Å². The van der Waals surface area contributed by atoms with E-state index >= 15 is 0 Å². The Balaban J connectivity index is 1.45. The van der Waals surface area contributed by atoms with Gasteiger partial charge in [0, 0.05) is 38.1 Å². The van der Waals surface area contributed by atoms with E-state index in [-0.39, 0.29) is 30.8 Å². The van der Waals surface area contributed by atoms with Crippen LogP contribution in [0.3, 0.4) is 0 Å². The van der Waals surface area contributed by atoms with Gasteiger partial charge in [-0.15, -0.1) is 0 Å². The van der Waals surface area contributed by atoms with Crippen molar-refractivity contribution in [3.63, 3.8) is 0 Å². The standard InChI is InChI=1S/C32H42ClN3O8/c1-7-13-41-34-16-18(3)21-12-11-19(4)32(40)23(21)14-17(2)27(42-20(5)37)28(32)43-29(38)25-15-31(39)22-9-8-10-24(33)26(22)36(6)44-30(31)35-25/h7-10,14,16,18-19,21,23,25,27-28,30,35,39-40H,1,11-13,15H2,2-6H3/b34-16+/t18?,19-,21+,23-,25+,27-,28+,30-,31-,32-/m1/s1. The summed E-state index contributed by atoms with van der Waals surface area (Å²) in [7, 11) is 1.67. The van der Waals surface area contributed by atoms with Gasteiger partial charge in [0.25, 0.3) is 0 Å². The molecule has 1 aromatic rings. The quantitative estimate of drug-likeness (QED) is 0.128. The molecule has 5 rings (SSSR count). The number of rotatable bonds is 8. The van der Waals surface area contributed by atoms with Gasteiger partial charge in [-0.25, -0.2) is 0 Å². The van der Waals surface area contributed by atoms with Crippen LogP contribution in [-0.4, -0.2) is 72.1 Å². The number of hydrogen-bond acceptors (Lipinski definition) is 11. The zero-order valence-electron chi connectivity index (χ0n) is 25.7. The highest BCUT2D eigenvalue weighted by Crippen LogP contribution is 2.53. The zero-order valence-corrected chi connectivity index (χ0v) is 26.5. The molecular weight excluding hydrogens is 590 g/mol. The van der Waals surface area contributed by atoms with Gasteiger partial charge in [0.15, 0.2) is 18.4 Å². The summed E-state index contributed by atoms with van der Waals surface area (Å²) in [5, 5.41) is 33.4. The van der Waals surface area contributed by atoms with Crippen molar-refractivity contribution in [1.29, 1.82) is 0 Å². The van der Waals surface area contributed by atoms with Gasteiger partial charge in [-0.3, -0.25) is 24.8 Å². The van der Waals surface area contributed by atoms with Gasteiger partial charge in [-0.2, -0.15) is 0 Å². The summed E-state index contributed by atoms with van der Waals surface area (Å²) in [5.41, 5.74) is -1.41. The number of nitrogens with zero attached hydrogens (tertiary/aromatic N) is 2. The maximum absolute atomic E-state index is 13.9. The largest absolute Gasteiger partial charge is 0.454 e. The molecule has 0 radical (unpaired) electrons. The van der Waals surface area contributed by atoms with E-state index in [0.717, 1.165) is 6.42 Å². The Labute approximate surface area is 262 Å². The molecule has 1 unspecified atom stereocenters. The Kier molecular flexibility index (Phi) is 9.17. The van der Waals surface area contributed by atoms with Crippen LogP contribution in [0.5, 0.6) is 0 Å². The molecular formula is C32H42ClN3O8. The van der Waals surface area contributed by atoms with Crippen molar-refractivity contribution in [2.45, 2.75) is 82.6 Å². The van der Waals surface area contributed by atoms with Crippen LogP contribution in [0.4, 0.5) is 5.69 Å². The van der Waals surface area contributed by atoms with E-state index in [0.29, 0.717) is 28.3 Å². The molecule has 0 aromatic heterocycles. The van der Waals surface area contributed by atoms with Crippen molar-refractivity contribution in [3.8, 4) is 0 Å². The highest BCUT2D eigenvalue weighted by Gasteiger charge is 2.62. The normalized spacial score (nSPS) is 36.9. The van der Waals surface area contributed by atoms with Crippen molar-refractivity contribution in [2.75, 3.05) is 18.7 Å². The predicted octanol–water partition coefficient (Wildman–Crippen LogP) is 3.62. The first kappa shape index (κ1) is 32.4. The SMILES string of the molecule is C=CCO/N=C/C(C)[C@@H]1CC[C@@H](C)[C@@]2(O)[C@@H]1C=C(C)[C@@H](OC(C)=O)[C@@H]2OC(=O)[C@@H]1C[C@@]2(O)c3cccc(Cl)c3N(C)O[C@H]2N1. The molecule has 1 saturated carbocycles. The number of para-hydroxylation sites is 1. The van der Waals surface area contributed by atoms with Crippen LogP contribution in [0, 0.1) is 23.7 Å². The molecule has 2 heterocycles. The van der Waals surface area contributed by atoms with E-state index < -0.39 is 53.5 Å². The van der Waals surface area contributed by atoms with Crippen molar-refractivity contribution >= 4 is 35.4 Å². The number of esters is 2.